The lowest BCUT2D eigenvalue weighted by Gasteiger charge is -2.18. The van der Waals surface area contributed by atoms with E-state index < -0.39 is 22.0 Å². The third kappa shape index (κ3) is 5.69. The lowest BCUT2D eigenvalue weighted by molar-refractivity contribution is -0.137. The van der Waals surface area contributed by atoms with Crippen LogP contribution in [0.1, 0.15) is 18.0 Å². The number of hydrogen-bond acceptors (Lipinski definition) is 5. The Kier molecular flexibility index (Phi) is 6.72. The van der Waals surface area contributed by atoms with Gasteiger partial charge in [-0.15, -0.1) is 0 Å². The van der Waals surface area contributed by atoms with E-state index >= 15 is 0 Å². The first kappa shape index (κ1) is 24.2. The molecule has 4 aromatic carbocycles. The standard InChI is InChI=1S/C28H24N4O4S/c33-27(34)18-26(19-8-2-1-3-9-19)32-37(35,36)23-13-7-11-21(17-23)20-10-6-12-22(16-20)29-28-30-24-14-4-5-15-25(24)31-28/h1-17,26,32H,18H2,(H,33,34)(H2,29,30,31)/t26-/m1/s1. The number of sulfonamides is 1. The molecule has 37 heavy (non-hydrogen) atoms. The van der Waals surface area contributed by atoms with Crippen molar-refractivity contribution in [1.29, 1.82) is 0 Å². The summed E-state index contributed by atoms with van der Waals surface area (Å²) in [5.74, 6) is -0.497. The number of aromatic amines is 1. The molecule has 0 aliphatic rings. The highest BCUT2D eigenvalue weighted by Gasteiger charge is 2.24. The van der Waals surface area contributed by atoms with Crippen LogP contribution in [0.15, 0.2) is 108 Å². The van der Waals surface area contributed by atoms with Crippen molar-refractivity contribution >= 4 is 38.7 Å². The van der Waals surface area contributed by atoms with Crippen LogP contribution in [0.3, 0.4) is 0 Å². The van der Waals surface area contributed by atoms with Crippen LogP contribution in [0.5, 0.6) is 0 Å². The molecular weight excluding hydrogens is 488 g/mol. The van der Waals surface area contributed by atoms with Gasteiger partial charge in [-0.05, 0) is 53.1 Å². The third-order valence-electron chi connectivity index (χ3n) is 5.87. The molecule has 186 valence electrons. The Morgan fingerprint density at radius 3 is 2.32 bits per heavy atom. The van der Waals surface area contributed by atoms with Gasteiger partial charge in [0.1, 0.15) is 0 Å². The Balaban J connectivity index is 1.40. The highest BCUT2D eigenvalue weighted by molar-refractivity contribution is 7.89. The minimum atomic E-state index is -4.00. The molecule has 9 heteroatoms. The normalized spacial score (nSPS) is 12.3. The van der Waals surface area contributed by atoms with Gasteiger partial charge in [0, 0.05) is 5.69 Å². The summed E-state index contributed by atoms with van der Waals surface area (Å²) < 4.78 is 29.1. The minimum Gasteiger partial charge on any atom is -0.481 e. The smallest absolute Gasteiger partial charge is 0.305 e. The molecule has 0 saturated heterocycles. The maximum absolute atomic E-state index is 13.2. The molecule has 0 unspecified atom stereocenters. The van der Waals surface area contributed by atoms with E-state index in [2.05, 4.69) is 20.0 Å². The number of carboxylic acids is 1. The number of aromatic nitrogens is 2. The number of rotatable bonds is 9. The van der Waals surface area contributed by atoms with Crippen LogP contribution in [0.4, 0.5) is 11.6 Å². The van der Waals surface area contributed by atoms with Crippen molar-refractivity contribution in [3.63, 3.8) is 0 Å². The van der Waals surface area contributed by atoms with Crippen LogP contribution in [-0.4, -0.2) is 29.5 Å². The van der Waals surface area contributed by atoms with Gasteiger partial charge in [0.15, 0.2) is 0 Å². The largest absolute Gasteiger partial charge is 0.481 e. The molecule has 0 amide bonds. The second-order valence-corrected chi connectivity index (χ2v) is 10.2. The number of nitrogens with one attached hydrogen (secondary N) is 3. The monoisotopic (exact) mass is 512 g/mol. The quantitative estimate of drug-likeness (QED) is 0.208. The van der Waals surface area contributed by atoms with Crippen molar-refractivity contribution in [3.8, 4) is 11.1 Å². The Hall–Kier alpha value is -4.47. The third-order valence-corrected chi connectivity index (χ3v) is 7.34. The summed E-state index contributed by atoms with van der Waals surface area (Å²) in [7, 11) is -4.00. The van der Waals surface area contributed by atoms with Crippen molar-refractivity contribution in [2.75, 3.05) is 5.32 Å². The molecule has 0 aliphatic carbocycles. The van der Waals surface area contributed by atoms with E-state index in [1.54, 1.807) is 42.5 Å². The number of imidazole rings is 1. The second kappa shape index (κ2) is 10.3. The van der Waals surface area contributed by atoms with Crippen LogP contribution in [0.25, 0.3) is 22.2 Å². The number of hydrogen-bond donors (Lipinski definition) is 4. The number of benzene rings is 4. The summed E-state index contributed by atoms with van der Waals surface area (Å²) in [5.41, 5.74) is 4.64. The van der Waals surface area contributed by atoms with E-state index in [0.717, 1.165) is 22.3 Å². The van der Waals surface area contributed by atoms with Gasteiger partial charge >= 0.3 is 5.97 Å². The molecule has 0 spiro atoms. The molecule has 8 nitrogen and oxygen atoms in total. The van der Waals surface area contributed by atoms with Gasteiger partial charge in [-0.1, -0.05) is 66.7 Å². The Morgan fingerprint density at radius 1 is 0.865 bits per heavy atom. The van der Waals surface area contributed by atoms with E-state index in [-0.39, 0.29) is 11.3 Å². The average molecular weight is 513 g/mol. The fourth-order valence-electron chi connectivity index (χ4n) is 4.11. The topological polar surface area (TPSA) is 124 Å². The van der Waals surface area contributed by atoms with E-state index in [9.17, 15) is 18.3 Å². The number of carbonyl (C=O) groups is 1. The average Bonchev–Trinajstić information content (AvgIpc) is 3.31. The van der Waals surface area contributed by atoms with Crippen LogP contribution >= 0.6 is 0 Å². The van der Waals surface area contributed by atoms with Crippen molar-refractivity contribution in [3.05, 3.63) is 109 Å². The van der Waals surface area contributed by atoms with Gasteiger partial charge < -0.3 is 15.4 Å². The summed E-state index contributed by atoms with van der Waals surface area (Å²) >= 11 is 0. The number of anilines is 2. The van der Waals surface area contributed by atoms with E-state index in [1.165, 1.54) is 6.07 Å². The van der Waals surface area contributed by atoms with Gasteiger partial charge in [-0.25, -0.2) is 18.1 Å². The highest BCUT2D eigenvalue weighted by Crippen LogP contribution is 2.28. The minimum absolute atomic E-state index is 0.0481. The van der Waals surface area contributed by atoms with Crippen LogP contribution in [0, 0.1) is 0 Å². The Labute approximate surface area is 214 Å². The van der Waals surface area contributed by atoms with Crippen molar-refractivity contribution in [2.45, 2.75) is 17.4 Å². The molecule has 4 N–H and O–H groups in total. The van der Waals surface area contributed by atoms with Crippen molar-refractivity contribution in [1.82, 2.24) is 14.7 Å². The predicted octanol–water partition coefficient (Wildman–Crippen LogP) is 5.47. The second-order valence-electron chi connectivity index (χ2n) is 8.52. The fraction of sp³-hybridized carbons (Fsp3) is 0.0714. The summed E-state index contributed by atoms with van der Waals surface area (Å²) in [4.78, 5) is 19.2. The van der Waals surface area contributed by atoms with Crippen LogP contribution < -0.4 is 10.0 Å². The zero-order chi connectivity index (χ0) is 25.8. The number of aliphatic carboxylic acids is 1. The van der Waals surface area contributed by atoms with Gasteiger partial charge in [0.05, 0.1) is 28.4 Å². The molecule has 0 fully saturated rings. The summed E-state index contributed by atoms with van der Waals surface area (Å²) in [6.45, 7) is 0. The summed E-state index contributed by atoms with van der Waals surface area (Å²) in [6.07, 6.45) is -0.377. The van der Waals surface area contributed by atoms with Crippen molar-refractivity contribution in [2.24, 2.45) is 0 Å². The summed E-state index contributed by atoms with van der Waals surface area (Å²) in [6, 6.07) is 29.6. The number of carboxylic acid groups (broad SMARTS) is 1. The van der Waals surface area contributed by atoms with E-state index in [1.807, 2.05) is 54.6 Å². The van der Waals surface area contributed by atoms with E-state index in [4.69, 9.17) is 0 Å². The zero-order valence-corrected chi connectivity index (χ0v) is 20.4. The molecule has 1 aromatic heterocycles. The van der Waals surface area contributed by atoms with Gasteiger partial charge in [0.2, 0.25) is 16.0 Å². The molecule has 1 atom stereocenters. The van der Waals surface area contributed by atoms with Crippen LogP contribution in [-0.2, 0) is 14.8 Å². The highest BCUT2D eigenvalue weighted by atomic mass is 32.2. The summed E-state index contributed by atoms with van der Waals surface area (Å²) in [5, 5.41) is 12.6. The zero-order valence-electron chi connectivity index (χ0n) is 19.6. The molecular formula is C28H24N4O4S. The lowest BCUT2D eigenvalue weighted by atomic mass is 10.1. The van der Waals surface area contributed by atoms with Gasteiger partial charge in [-0.3, -0.25) is 4.79 Å². The maximum atomic E-state index is 13.2. The molecule has 0 saturated carbocycles. The van der Waals surface area contributed by atoms with Crippen LogP contribution in [0.2, 0.25) is 0 Å². The molecule has 1 heterocycles. The molecule has 5 aromatic rings. The maximum Gasteiger partial charge on any atom is 0.305 e. The number of fused-ring (bicyclic) bond motifs is 1. The first-order chi connectivity index (χ1) is 17.9. The predicted molar refractivity (Wildman–Crippen MR) is 143 cm³/mol. The number of nitrogens with zero attached hydrogens (tertiary/aromatic N) is 1. The Morgan fingerprint density at radius 2 is 1.57 bits per heavy atom. The number of H-pyrrole nitrogens is 1. The lowest BCUT2D eigenvalue weighted by Crippen LogP contribution is -2.30. The molecule has 5 rings (SSSR count). The van der Waals surface area contributed by atoms with Gasteiger partial charge in [0.25, 0.3) is 0 Å². The molecule has 0 radical (unpaired) electrons. The fourth-order valence-corrected chi connectivity index (χ4v) is 5.38. The number of para-hydroxylation sites is 2. The van der Waals surface area contributed by atoms with E-state index in [0.29, 0.717) is 17.1 Å². The van der Waals surface area contributed by atoms with Crippen molar-refractivity contribution < 1.29 is 18.3 Å². The first-order valence-electron chi connectivity index (χ1n) is 11.6. The SMILES string of the molecule is O=C(O)C[C@@H](NS(=O)(=O)c1cccc(-c2cccc(Nc3nc4ccccc4[nH]3)c2)c1)c1ccccc1. The molecule has 0 aliphatic heterocycles. The molecule has 0 bridgehead atoms. The Bertz CT molecular complexity index is 1630. The van der Waals surface area contributed by atoms with Gasteiger partial charge in [-0.2, -0.15) is 0 Å². The first-order valence-corrected chi connectivity index (χ1v) is 13.1.